The van der Waals surface area contributed by atoms with Gasteiger partial charge in [-0.2, -0.15) is 0 Å². The molecule has 0 aliphatic carbocycles. The molecule has 0 spiro atoms. The van der Waals surface area contributed by atoms with Gasteiger partial charge in [0.05, 0.1) is 17.4 Å². The first-order chi connectivity index (χ1) is 13.2. The Labute approximate surface area is 156 Å². The SMILES string of the molecule is O=C1COc2ccc(C(=O)NC(c3ccccc3)c3ccccn3)cc2N1. The number of rotatable bonds is 4. The van der Waals surface area contributed by atoms with E-state index < -0.39 is 0 Å². The number of carbonyl (C=O) groups is 2. The van der Waals surface area contributed by atoms with Crippen molar-refractivity contribution >= 4 is 17.5 Å². The molecule has 4 rings (SSSR count). The maximum Gasteiger partial charge on any atom is 0.262 e. The van der Waals surface area contributed by atoms with Crippen LogP contribution in [0.4, 0.5) is 5.69 Å². The highest BCUT2D eigenvalue weighted by molar-refractivity contribution is 6.00. The molecule has 1 unspecified atom stereocenters. The highest BCUT2D eigenvalue weighted by Gasteiger charge is 2.21. The van der Waals surface area contributed by atoms with E-state index in [2.05, 4.69) is 15.6 Å². The quantitative estimate of drug-likeness (QED) is 0.751. The molecule has 0 radical (unpaired) electrons. The number of benzene rings is 2. The van der Waals surface area contributed by atoms with E-state index in [-0.39, 0.29) is 24.5 Å². The molecule has 3 aromatic rings. The van der Waals surface area contributed by atoms with Crippen molar-refractivity contribution in [3.8, 4) is 5.75 Å². The van der Waals surface area contributed by atoms with Gasteiger partial charge in [0.25, 0.3) is 11.8 Å². The lowest BCUT2D eigenvalue weighted by atomic mass is 10.0. The topological polar surface area (TPSA) is 80.3 Å². The van der Waals surface area contributed by atoms with Crippen LogP contribution >= 0.6 is 0 Å². The molecule has 0 saturated heterocycles. The van der Waals surface area contributed by atoms with E-state index in [9.17, 15) is 9.59 Å². The second-order valence-electron chi connectivity index (χ2n) is 6.12. The van der Waals surface area contributed by atoms with Crippen LogP contribution in [0, 0.1) is 0 Å². The Bertz CT molecular complexity index is 935. The lowest BCUT2D eigenvalue weighted by Crippen LogP contribution is -2.30. The van der Waals surface area contributed by atoms with E-state index in [1.165, 1.54) is 0 Å². The number of hydrogen-bond donors (Lipinski definition) is 2. The Morgan fingerprint density at radius 1 is 1.07 bits per heavy atom. The first-order valence-corrected chi connectivity index (χ1v) is 8.54. The van der Waals surface area contributed by atoms with Crippen LogP contribution in [-0.4, -0.2) is 23.4 Å². The Balaban J connectivity index is 1.63. The highest BCUT2D eigenvalue weighted by atomic mass is 16.5. The molecular weight excluding hydrogens is 342 g/mol. The van der Waals surface area contributed by atoms with Crippen molar-refractivity contribution in [1.29, 1.82) is 0 Å². The molecule has 0 fully saturated rings. The minimum absolute atomic E-state index is 0.0195. The summed E-state index contributed by atoms with van der Waals surface area (Å²) >= 11 is 0. The van der Waals surface area contributed by atoms with E-state index in [4.69, 9.17) is 4.74 Å². The highest BCUT2D eigenvalue weighted by Crippen LogP contribution is 2.29. The summed E-state index contributed by atoms with van der Waals surface area (Å²) in [6, 6.07) is 19.8. The molecule has 6 nitrogen and oxygen atoms in total. The molecule has 134 valence electrons. The van der Waals surface area contributed by atoms with Gasteiger partial charge in [-0.25, -0.2) is 0 Å². The van der Waals surface area contributed by atoms with Gasteiger partial charge in [0.15, 0.2) is 6.61 Å². The van der Waals surface area contributed by atoms with Crippen LogP contribution in [0.2, 0.25) is 0 Å². The number of amides is 2. The van der Waals surface area contributed by atoms with Gasteiger partial charge in [-0.05, 0) is 35.9 Å². The van der Waals surface area contributed by atoms with Crippen molar-refractivity contribution in [2.45, 2.75) is 6.04 Å². The number of hydrogen-bond acceptors (Lipinski definition) is 4. The number of ether oxygens (including phenoxy) is 1. The average Bonchev–Trinajstić information content (AvgIpc) is 2.72. The number of aromatic nitrogens is 1. The summed E-state index contributed by atoms with van der Waals surface area (Å²) < 4.78 is 5.34. The molecule has 2 aromatic carbocycles. The van der Waals surface area contributed by atoms with Crippen LogP contribution in [0.1, 0.15) is 27.7 Å². The van der Waals surface area contributed by atoms with E-state index >= 15 is 0 Å². The van der Waals surface area contributed by atoms with E-state index in [0.717, 1.165) is 11.3 Å². The van der Waals surface area contributed by atoms with Gasteiger partial charge in [0, 0.05) is 11.8 Å². The third-order valence-corrected chi connectivity index (χ3v) is 4.27. The fourth-order valence-electron chi connectivity index (χ4n) is 2.96. The number of carbonyl (C=O) groups excluding carboxylic acids is 2. The van der Waals surface area contributed by atoms with Crippen LogP contribution < -0.4 is 15.4 Å². The standard InChI is InChI=1S/C21H17N3O3/c25-19-13-27-18-10-9-15(12-17(18)23-19)21(26)24-20(14-6-2-1-3-7-14)16-8-4-5-11-22-16/h1-12,20H,13H2,(H,23,25)(H,24,26). The first kappa shape index (κ1) is 16.8. The minimum atomic E-state index is -0.387. The van der Waals surface area contributed by atoms with Crippen molar-refractivity contribution in [3.05, 3.63) is 89.7 Å². The maximum absolute atomic E-state index is 12.9. The monoisotopic (exact) mass is 359 g/mol. The third-order valence-electron chi connectivity index (χ3n) is 4.27. The minimum Gasteiger partial charge on any atom is -0.482 e. The lowest BCUT2D eigenvalue weighted by molar-refractivity contribution is -0.118. The molecular formula is C21H17N3O3. The molecule has 1 aliphatic rings. The average molecular weight is 359 g/mol. The van der Waals surface area contributed by atoms with Crippen molar-refractivity contribution in [2.75, 3.05) is 11.9 Å². The van der Waals surface area contributed by atoms with Crippen LogP contribution in [0.3, 0.4) is 0 Å². The van der Waals surface area contributed by atoms with Gasteiger partial charge in [-0.3, -0.25) is 14.6 Å². The maximum atomic E-state index is 12.9. The fourth-order valence-corrected chi connectivity index (χ4v) is 2.96. The molecule has 0 saturated carbocycles. The van der Waals surface area contributed by atoms with E-state index in [0.29, 0.717) is 17.0 Å². The zero-order valence-corrected chi connectivity index (χ0v) is 14.4. The summed E-state index contributed by atoms with van der Waals surface area (Å²) in [6.45, 7) is -0.0195. The van der Waals surface area contributed by atoms with Crippen molar-refractivity contribution in [3.63, 3.8) is 0 Å². The van der Waals surface area contributed by atoms with Crippen LogP contribution in [0.15, 0.2) is 72.9 Å². The van der Waals surface area contributed by atoms with Gasteiger partial charge in [0.2, 0.25) is 0 Å². The number of nitrogens with zero attached hydrogens (tertiary/aromatic N) is 1. The number of fused-ring (bicyclic) bond motifs is 1. The summed E-state index contributed by atoms with van der Waals surface area (Å²) in [5.74, 6) is 0.0447. The van der Waals surface area contributed by atoms with E-state index in [1.807, 2.05) is 48.5 Å². The molecule has 1 aliphatic heterocycles. The molecule has 1 aromatic heterocycles. The molecule has 2 amide bonds. The van der Waals surface area contributed by atoms with Gasteiger partial charge in [-0.1, -0.05) is 36.4 Å². The smallest absolute Gasteiger partial charge is 0.262 e. The Morgan fingerprint density at radius 2 is 1.89 bits per heavy atom. The Morgan fingerprint density at radius 3 is 2.67 bits per heavy atom. The predicted molar refractivity (Wildman–Crippen MR) is 101 cm³/mol. The second kappa shape index (κ2) is 7.29. The Kier molecular flexibility index (Phi) is 4.53. The van der Waals surface area contributed by atoms with Gasteiger partial charge in [0.1, 0.15) is 5.75 Å². The number of anilines is 1. The third kappa shape index (κ3) is 3.64. The molecule has 27 heavy (non-hydrogen) atoms. The zero-order valence-electron chi connectivity index (χ0n) is 14.4. The normalized spacial score (nSPS) is 13.7. The largest absolute Gasteiger partial charge is 0.482 e. The lowest BCUT2D eigenvalue weighted by Gasteiger charge is -2.21. The van der Waals surface area contributed by atoms with Crippen LogP contribution in [0.25, 0.3) is 0 Å². The second-order valence-corrected chi connectivity index (χ2v) is 6.12. The molecule has 6 heteroatoms. The van der Waals surface area contributed by atoms with E-state index in [1.54, 1.807) is 24.4 Å². The number of nitrogens with one attached hydrogen (secondary N) is 2. The predicted octanol–water partition coefficient (Wildman–Crippen LogP) is 2.93. The van der Waals surface area contributed by atoms with Crippen molar-refractivity contribution in [1.82, 2.24) is 10.3 Å². The summed E-state index contributed by atoms with van der Waals surface area (Å²) in [4.78, 5) is 28.8. The molecule has 2 N–H and O–H groups in total. The Hall–Kier alpha value is -3.67. The molecule has 1 atom stereocenters. The van der Waals surface area contributed by atoms with Gasteiger partial charge >= 0.3 is 0 Å². The van der Waals surface area contributed by atoms with Crippen molar-refractivity contribution < 1.29 is 14.3 Å². The molecule has 2 heterocycles. The van der Waals surface area contributed by atoms with Crippen LogP contribution in [0.5, 0.6) is 5.75 Å². The molecule has 0 bridgehead atoms. The van der Waals surface area contributed by atoms with Crippen LogP contribution in [-0.2, 0) is 4.79 Å². The summed E-state index contributed by atoms with van der Waals surface area (Å²) in [5.41, 5.74) is 2.59. The first-order valence-electron chi connectivity index (χ1n) is 8.54. The van der Waals surface area contributed by atoms with Crippen molar-refractivity contribution in [2.24, 2.45) is 0 Å². The fraction of sp³-hybridized carbons (Fsp3) is 0.0952. The van der Waals surface area contributed by atoms with Gasteiger partial charge < -0.3 is 15.4 Å². The summed E-state index contributed by atoms with van der Waals surface area (Å²) in [7, 11) is 0. The van der Waals surface area contributed by atoms with Gasteiger partial charge in [-0.15, -0.1) is 0 Å². The summed E-state index contributed by atoms with van der Waals surface area (Å²) in [6.07, 6.45) is 1.70. The number of pyridine rings is 1. The zero-order chi connectivity index (χ0) is 18.6. The summed E-state index contributed by atoms with van der Waals surface area (Å²) in [5, 5.41) is 5.74.